The van der Waals surface area contributed by atoms with Crippen LogP contribution in [0.2, 0.25) is 0 Å². The summed E-state index contributed by atoms with van der Waals surface area (Å²) in [6.45, 7) is 9.68. The molecule has 122 valence electrons. The normalized spacial score (nSPS) is 23.2. The molecular weight excluding hydrogens is 288 g/mol. The first-order valence-electron chi connectivity index (χ1n) is 7.37. The van der Waals surface area contributed by atoms with Crippen molar-refractivity contribution in [2.45, 2.75) is 52.9 Å². The summed E-state index contributed by atoms with van der Waals surface area (Å²) >= 11 is 0. The number of rotatable bonds is 3. The molecule has 1 aromatic rings. The average molecular weight is 310 g/mol. The van der Waals surface area contributed by atoms with Crippen molar-refractivity contribution >= 4 is 11.9 Å². The van der Waals surface area contributed by atoms with Gasteiger partial charge in [-0.3, -0.25) is 4.79 Å². The van der Waals surface area contributed by atoms with Gasteiger partial charge in [-0.1, -0.05) is 5.16 Å². The highest BCUT2D eigenvalue weighted by Gasteiger charge is 2.31. The van der Waals surface area contributed by atoms with E-state index in [0.29, 0.717) is 24.5 Å². The molecule has 0 unspecified atom stereocenters. The van der Waals surface area contributed by atoms with E-state index in [1.54, 1.807) is 25.7 Å². The maximum absolute atomic E-state index is 12.4. The quantitative estimate of drug-likeness (QED) is 0.786. The predicted octanol–water partition coefficient (Wildman–Crippen LogP) is 1.47. The smallest absolute Gasteiger partial charge is 0.344 e. The third-order valence-corrected chi connectivity index (χ3v) is 3.60. The summed E-state index contributed by atoms with van der Waals surface area (Å²) in [5.74, 6) is -0.427. The van der Waals surface area contributed by atoms with Crippen molar-refractivity contribution in [3.8, 4) is 0 Å². The molecule has 22 heavy (non-hydrogen) atoms. The third-order valence-electron chi connectivity index (χ3n) is 3.60. The van der Waals surface area contributed by atoms with E-state index in [0.717, 1.165) is 0 Å². The van der Waals surface area contributed by atoms with Gasteiger partial charge in [0, 0.05) is 13.1 Å². The summed E-state index contributed by atoms with van der Waals surface area (Å²) < 4.78 is 15.8. The number of aromatic nitrogens is 1. The second-order valence-electron chi connectivity index (χ2n) is 5.75. The Labute approximate surface area is 129 Å². The topological polar surface area (TPSA) is 81.9 Å². The number of aryl methyl sites for hydroxylation is 2. The maximum atomic E-state index is 12.4. The summed E-state index contributed by atoms with van der Waals surface area (Å²) in [4.78, 5) is 26.2. The average Bonchev–Trinajstić information content (AvgIpc) is 2.76. The van der Waals surface area contributed by atoms with Crippen LogP contribution in [-0.2, 0) is 14.3 Å². The second-order valence-corrected chi connectivity index (χ2v) is 5.75. The van der Waals surface area contributed by atoms with E-state index in [1.807, 2.05) is 13.8 Å². The van der Waals surface area contributed by atoms with Crippen LogP contribution in [-0.4, -0.2) is 53.3 Å². The Morgan fingerprint density at radius 3 is 2.36 bits per heavy atom. The van der Waals surface area contributed by atoms with Crippen molar-refractivity contribution in [1.29, 1.82) is 0 Å². The molecule has 1 saturated heterocycles. The molecule has 1 aliphatic heterocycles. The Kier molecular flexibility index (Phi) is 4.85. The predicted molar refractivity (Wildman–Crippen MR) is 77.4 cm³/mol. The summed E-state index contributed by atoms with van der Waals surface area (Å²) in [7, 11) is 0. The number of hydrogen-bond acceptors (Lipinski definition) is 6. The van der Waals surface area contributed by atoms with Crippen LogP contribution in [0, 0.1) is 13.8 Å². The summed E-state index contributed by atoms with van der Waals surface area (Å²) in [6, 6.07) is 0. The van der Waals surface area contributed by atoms with Gasteiger partial charge in [0.15, 0.2) is 6.10 Å². The molecule has 1 amide bonds. The molecule has 0 bridgehead atoms. The molecule has 0 radical (unpaired) electrons. The molecule has 0 aliphatic carbocycles. The van der Waals surface area contributed by atoms with E-state index < -0.39 is 12.1 Å². The number of carbonyl (C=O) groups is 2. The van der Waals surface area contributed by atoms with Crippen LogP contribution in [0.4, 0.5) is 0 Å². The Bertz CT molecular complexity index is 539. The van der Waals surface area contributed by atoms with Gasteiger partial charge in [-0.25, -0.2) is 4.79 Å². The first-order valence-corrected chi connectivity index (χ1v) is 7.37. The molecule has 7 heteroatoms. The minimum Gasteiger partial charge on any atom is -0.449 e. The van der Waals surface area contributed by atoms with Gasteiger partial charge < -0.3 is 18.9 Å². The first kappa shape index (κ1) is 16.5. The van der Waals surface area contributed by atoms with E-state index in [2.05, 4.69) is 5.16 Å². The van der Waals surface area contributed by atoms with Crippen LogP contribution >= 0.6 is 0 Å². The molecular formula is C15H22N2O5. The molecule has 1 aliphatic rings. The zero-order valence-corrected chi connectivity index (χ0v) is 13.6. The van der Waals surface area contributed by atoms with Gasteiger partial charge in [0.1, 0.15) is 11.3 Å². The largest absolute Gasteiger partial charge is 0.449 e. The number of carbonyl (C=O) groups excluding carboxylic acids is 2. The maximum Gasteiger partial charge on any atom is 0.344 e. The second kappa shape index (κ2) is 6.48. The van der Waals surface area contributed by atoms with Crippen molar-refractivity contribution in [3.63, 3.8) is 0 Å². The number of amides is 1. The van der Waals surface area contributed by atoms with Crippen molar-refractivity contribution < 1.29 is 23.6 Å². The highest BCUT2D eigenvalue weighted by molar-refractivity contribution is 5.93. The lowest BCUT2D eigenvalue weighted by molar-refractivity contribution is -0.151. The van der Waals surface area contributed by atoms with Crippen molar-refractivity contribution in [2.24, 2.45) is 0 Å². The minimum atomic E-state index is -0.862. The van der Waals surface area contributed by atoms with Crippen LogP contribution in [0.15, 0.2) is 4.52 Å². The zero-order valence-electron chi connectivity index (χ0n) is 13.6. The lowest BCUT2D eigenvalue weighted by Gasteiger charge is -2.36. The van der Waals surface area contributed by atoms with Gasteiger partial charge >= 0.3 is 5.97 Å². The van der Waals surface area contributed by atoms with Crippen LogP contribution in [0.25, 0.3) is 0 Å². The SMILES string of the molecule is Cc1noc(C)c1C(=O)O[C@@H](C)C(=O)N1C[C@@H](C)O[C@@H](C)C1. The minimum absolute atomic E-state index is 0.0295. The van der Waals surface area contributed by atoms with E-state index >= 15 is 0 Å². The molecule has 0 aromatic carbocycles. The fourth-order valence-electron chi connectivity index (χ4n) is 2.66. The molecule has 0 N–H and O–H groups in total. The summed E-state index contributed by atoms with van der Waals surface area (Å²) in [5, 5.41) is 3.71. The van der Waals surface area contributed by atoms with Gasteiger partial charge in [-0.15, -0.1) is 0 Å². The molecule has 2 heterocycles. The molecule has 1 aromatic heterocycles. The highest BCUT2D eigenvalue weighted by atomic mass is 16.6. The monoisotopic (exact) mass is 310 g/mol. The molecule has 3 atom stereocenters. The standard InChI is InChI=1S/C15H22N2O5/c1-8-6-17(7-9(2)20-8)14(18)12(5)21-15(19)13-10(3)16-22-11(13)4/h8-9,12H,6-7H2,1-5H3/t8-,9+,12-/m0/s1. The Balaban J connectivity index is 2.01. The van der Waals surface area contributed by atoms with Crippen molar-refractivity contribution in [1.82, 2.24) is 10.1 Å². The van der Waals surface area contributed by atoms with E-state index in [9.17, 15) is 9.59 Å². The van der Waals surface area contributed by atoms with Crippen molar-refractivity contribution in [3.05, 3.63) is 17.0 Å². The van der Waals surface area contributed by atoms with Crippen LogP contribution < -0.4 is 0 Å². The van der Waals surface area contributed by atoms with Crippen LogP contribution in [0.1, 0.15) is 42.6 Å². The number of morpholine rings is 1. The van der Waals surface area contributed by atoms with Gasteiger partial charge in [-0.2, -0.15) is 0 Å². The highest BCUT2D eigenvalue weighted by Crippen LogP contribution is 2.16. The fraction of sp³-hybridized carbons (Fsp3) is 0.667. The lowest BCUT2D eigenvalue weighted by Crippen LogP contribution is -2.51. The molecule has 0 saturated carbocycles. The number of hydrogen-bond donors (Lipinski definition) is 0. The van der Waals surface area contributed by atoms with Crippen LogP contribution in [0.3, 0.4) is 0 Å². The first-order chi connectivity index (χ1) is 10.3. The Morgan fingerprint density at radius 2 is 1.86 bits per heavy atom. The number of ether oxygens (including phenoxy) is 2. The van der Waals surface area contributed by atoms with Gasteiger partial charge in [0.25, 0.3) is 5.91 Å². The third kappa shape index (κ3) is 3.47. The van der Waals surface area contributed by atoms with Gasteiger partial charge in [0.05, 0.1) is 17.9 Å². The van der Waals surface area contributed by atoms with E-state index in [4.69, 9.17) is 14.0 Å². The fourth-order valence-corrected chi connectivity index (χ4v) is 2.66. The van der Waals surface area contributed by atoms with Gasteiger partial charge in [0.2, 0.25) is 0 Å². The molecule has 1 fully saturated rings. The van der Waals surface area contributed by atoms with Gasteiger partial charge in [-0.05, 0) is 34.6 Å². The van der Waals surface area contributed by atoms with E-state index in [1.165, 1.54) is 0 Å². The van der Waals surface area contributed by atoms with Crippen molar-refractivity contribution in [2.75, 3.05) is 13.1 Å². The Hall–Kier alpha value is -1.89. The number of esters is 1. The number of nitrogens with zero attached hydrogens (tertiary/aromatic N) is 2. The summed E-state index contributed by atoms with van der Waals surface area (Å²) in [6.07, 6.45) is -0.921. The Morgan fingerprint density at radius 1 is 1.27 bits per heavy atom. The lowest BCUT2D eigenvalue weighted by atomic mass is 10.2. The van der Waals surface area contributed by atoms with Crippen LogP contribution in [0.5, 0.6) is 0 Å². The molecule has 0 spiro atoms. The molecule has 7 nitrogen and oxygen atoms in total. The molecule has 2 rings (SSSR count). The van der Waals surface area contributed by atoms with E-state index in [-0.39, 0.29) is 23.7 Å². The zero-order chi connectivity index (χ0) is 16.4. The summed E-state index contributed by atoms with van der Waals surface area (Å²) in [5.41, 5.74) is 0.735.